The Bertz CT molecular complexity index is 576. The quantitative estimate of drug-likeness (QED) is 0.752. The molecule has 104 valence electrons. The number of carbonyl (C=O) groups excluding carboxylic acids is 1. The number of hydrogen-bond acceptors (Lipinski definition) is 3. The zero-order valence-corrected chi connectivity index (χ0v) is 11.9. The first-order valence-electron chi connectivity index (χ1n) is 6.85. The van der Waals surface area contributed by atoms with Crippen LogP contribution in [0.4, 0.5) is 0 Å². The van der Waals surface area contributed by atoms with E-state index >= 15 is 0 Å². The average Bonchev–Trinajstić information content (AvgIpc) is 2.47. The van der Waals surface area contributed by atoms with Crippen molar-refractivity contribution in [3.05, 3.63) is 59.4 Å². The first kappa shape index (κ1) is 14.3. The van der Waals surface area contributed by atoms with Crippen molar-refractivity contribution >= 4 is 5.78 Å². The van der Waals surface area contributed by atoms with Crippen LogP contribution in [-0.2, 0) is 6.42 Å². The first-order chi connectivity index (χ1) is 9.69. The smallest absolute Gasteiger partial charge is 0.164 e. The van der Waals surface area contributed by atoms with E-state index in [1.807, 2.05) is 6.92 Å². The minimum atomic E-state index is 0.0969. The molecular weight excluding hydrogens is 250 g/mol. The monoisotopic (exact) mass is 269 g/mol. The van der Waals surface area contributed by atoms with Gasteiger partial charge in [-0.3, -0.25) is 9.78 Å². The summed E-state index contributed by atoms with van der Waals surface area (Å²) in [6, 6.07) is 10.0. The van der Waals surface area contributed by atoms with Gasteiger partial charge in [-0.25, -0.2) is 0 Å². The van der Waals surface area contributed by atoms with Gasteiger partial charge in [0.1, 0.15) is 5.75 Å². The Morgan fingerprint density at radius 3 is 2.65 bits per heavy atom. The lowest BCUT2D eigenvalue weighted by molar-refractivity contribution is 0.0982. The van der Waals surface area contributed by atoms with E-state index in [0.717, 1.165) is 6.42 Å². The molecule has 0 aliphatic rings. The number of Topliss-reactive ketones (excluding diaryl/α,β-unsaturated/α-hetero) is 1. The molecule has 0 unspecified atom stereocenters. The van der Waals surface area contributed by atoms with E-state index in [-0.39, 0.29) is 5.78 Å². The molecule has 2 aromatic rings. The van der Waals surface area contributed by atoms with Crippen LogP contribution in [0.2, 0.25) is 0 Å². The van der Waals surface area contributed by atoms with Crippen LogP contribution in [0.3, 0.4) is 0 Å². The predicted molar refractivity (Wildman–Crippen MR) is 79.2 cm³/mol. The van der Waals surface area contributed by atoms with Crippen LogP contribution in [0, 0.1) is 6.92 Å². The minimum Gasteiger partial charge on any atom is -0.492 e. The maximum Gasteiger partial charge on any atom is 0.164 e. The van der Waals surface area contributed by atoms with Crippen molar-refractivity contribution in [2.75, 3.05) is 6.61 Å². The van der Waals surface area contributed by atoms with Crippen molar-refractivity contribution in [3.63, 3.8) is 0 Å². The van der Waals surface area contributed by atoms with Crippen LogP contribution < -0.4 is 4.74 Å². The molecule has 3 heteroatoms. The molecule has 0 radical (unpaired) electrons. The maximum absolute atomic E-state index is 12.1. The van der Waals surface area contributed by atoms with Gasteiger partial charge in [0.05, 0.1) is 12.8 Å². The lowest BCUT2D eigenvalue weighted by atomic mass is 10.0. The van der Waals surface area contributed by atoms with Gasteiger partial charge in [-0.15, -0.1) is 0 Å². The number of aryl methyl sites for hydroxylation is 2. The van der Waals surface area contributed by atoms with E-state index in [1.165, 1.54) is 11.1 Å². The molecule has 1 aromatic heterocycles. The normalized spacial score (nSPS) is 10.3. The summed E-state index contributed by atoms with van der Waals surface area (Å²) in [6.07, 6.45) is 4.46. The third-order valence-corrected chi connectivity index (χ3v) is 3.11. The highest BCUT2D eigenvalue weighted by molar-refractivity contribution is 5.96. The highest BCUT2D eigenvalue weighted by Crippen LogP contribution is 2.14. The maximum atomic E-state index is 12.1. The summed E-state index contributed by atoms with van der Waals surface area (Å²) in [4.78, 5) is 16.2. The van der Waals surface area contributed by atoms with E-state index in [9.17, 15) is 4.79 Å². The molecule has 0 N–H and O–H groups in total. The largest absolute Gasteiger partial charge is 0.492 e. The third kappa shape index (κ3) is 3.92. The Kier molecular flexibility index (Phi) is 4.88. The van der Waals surface area contributed by atoms with Crippen molar-refractivity contribution in [2.45, 2.75) is 26.7 Å². The average molecular weight is 269 g/mol. The van der Waals surface area contributed by atoms with Gasteiger partial charge in [-0.2, -0.15) is 0 Å². The number of benzene rings is 1. The van der Waals surface area contributed by atoms with Gasteiger partial charge in [-0.05, 0) is 31.9 Å². The summed E-state index contributed by atoms with van der Waals surface area (Å²) in [5.41, 5.74) is 3.02. The third-order valence-electron chi connectivity index (χ3n) is 3.11. The molecule has 0 aliphatic carbocycles. The molecular formula is C17H19NO2. The molecule has 0 fully saturated rings. The molecule has 0 saturated carbocycles. The van der Waals surface area contributed by atoms with E-state index < -0.39 is 0 Å². The molecule has 0 spiro atoms. The highest BCUT2D eigenvalue weighted by atomic mass is 16.5. The lowest BCUT2D eigenvalue weighted by Crippen LogP contribution is -2.03. The Hall–Kier alpha value is -2.16. The topological polar surface area (TPSA) is 39.2 Å². The fourth-order valence-electron chi connectivity index (χ4n) is 1.97. The molecule has 0 aliphatic heterocycles. The minimum absolute atomic E-state index is 0.0969. The molecule has 1 heterocycles. The van der Waals surface area contributed by atoms with Gasteiger partial charge in [-0.1, -0.05) is 29.8 Å². The summed E-state index contributed by atoms with van der Waals surface area (Å²) in [5, 5.41) is 0. The number of ether oxygens (including phenoxy) is 1. The van der Waals surface area contributed by atoms with Crippen LogP contribution in [0.1, 0.15) is 34.8 Å². The van der Waals surface area contributed by atoms with E-state index in [1.54, 1.807) is 18.5 Å². The number of hydrogen-bond donors (Lipinski definition) is 0. The second-order valence-electron chi connectivity index (χ2n) is 4.75. The van der Waals surface area contributed by atoms with Crippen LogP contribution >= 0.6 is 0 Å². The molecule has 2 rings (SSSR count). The summed E-state index contributed by atoms with van der Waals surface area (Å²) in [6.45, 7) is 4.54. The molecule has 20 heavy (non-hydrogen) atoms. The van der Waals surface area contributed by atoms with Crippen molar-refractivity contribution in [1.82, 2.24) is 4.98 Å². The summed E-state index contributed by atoms with van der Waals surface area (Å²) >= 11 is 0. The zero-order valence-electron chi connectivity index (χ0n) is 11.9. The summed E-state index contributed by atoms with van der Waals surface area (Å²) in [5.74, 6) is 0.744. The number of ketones is 1. The first-order valence-corrected chi connectivity index (χ1v) is 6.85. The Labute approximate surface area is 119 Å². The van der Waals surface area contributed by atoms with E-state index in [4.69, 9.17) is 4.74 Å². The van der Waals surface area contributed by atoms with Crippen LogP contribution in [-0.4, -0.2) is 17.4 Å². The Morgan fingerprint density at radius 2 is 1.95 bits per heavy atom. The van der Waals surface area contributed by atoms with Gasteiger partial charge < -0.3 is 4.74 Å². The lowest BCUT2D eigenvalue weighted by Gasteiger charge is -2.05. The second-order valence-corrected chi connectivity index (χ2v) is 4.75. The molecule has 0 bridgehead atoms. The van der Waals surface area contributed by atoms with Crippen molar-refractivity contribution < 1.29 is 9.53 Å². The van der Waals surface area contributed by atoms with Crippen LogP contribution in [0.5, 0.6) is 5.75 Å². The van der Waals surface area contributed by atoms with Gasteiger partial charge in [0, 0.05) is 18.2 Å². The van der Waals surface area contributed by atoms with Gasteiger partial charge >= 0.3 is 0 Å². The number of nitrogens with zero attached hydrogens (tertiary/aromatic N) is 1. The predicted octanol–water partition coefficient (Wildman–Crippen LogP) is 3.60. The summed E-state index contributed by atoms with van der Waals surface area (Å²) in [7, 11) is 0. The Morgan fingerprint density at radius 1 is 1.20 bits per heavy atom. The highest BCUT2D eigenvalue weighted by Gasteiger charge is 2.08. The molecule has 1 aromatic carbocycles. The standard InChI is InChI=1S/C17H19NO2/c1-3-20-16-10-15(11-18-12-16)17(19)9-8-14-6-4-13(2)5-7-14/h4-7,10-12H,3,8-9H2,1-2H3. The number of pyridine rings is 1. The Balaban J connectivity index is 1.97. The second kappa shape index (κ2) is 6.85. The fourth-order valence-corrected chi connectivity index (χ4v) is 1.97. The zero-order chi connectivity index (χ0) is 14.4. The molecule has 3 nitrogen and oxygen atoms in total. The number of carbonyl (C=O) groups is 1. The van der Waals surface area contributed by atoms with Crippen LogP contribution in [0.25, 0.3) is 0 Å². The van der Waals surface area contributed by atoms with Crippen molar-refractivity contribution in [1.29, 1.82) is 0 Å². The fraction of sp³-hybridized carbons (Fsp3) is 0.294. The molecule has 0 atom stereocenters. The SMILES string of the molecule is CCOc1cncc(C(=O)CCc2ccc(C)cc2)c1. The van der Waals surface area contributed by atoms with Crippen LogP contribution in [0.15, 0.2) is 42.7 Å². The van der Waals surface area contributed by atoms with Crippen molar-refractivity contribution in [3.8, 4) is 5.75 Å². The van der Waals surface area contributed by atoms with Gasteiger partial charge in [0.2, 0.25) is 0 Å². The number of aromatic nitrogens is 1. The molecule has 0 amide bonds. The number of rotatable bonds is 6. The summed E-state index contributed by atoms with van der Waals surface area (Å²) < 4.78 is 5.36. The molecule has 0 saturated heterocycles. The van der Waals surface area contributed by atoms with Crippen molar-refractivity contribution in [2.24, 2.45) is 0 Å². The van der Waals surface area contributed by atoms with E-state index in [2.05, 4.69) is 36.2 Å². The van der Waals surface area contributed by atoms with E-state index in [0.29, 0.717) is 24.3 Å². The van der Waals surface area contributed by atoms with Gasteiger partial charge in [0.25, 0.3) is 0 Å². The van der Waals surface area contributed by atoms with Gasteiger partial charge in [0.15, 0.2) is 5.78 Å².